The zero-order chi connectivity index (χ0) is 34.0. The summed E-state index contributed by atoms with van der Waals surface area (Å²) < 4.78 is 22.5. The third kappa shape index (κ3) is 16.7. The van der Waals surface area contributed by atoms with Crippen molar-refractivity contribution in [2.75, 3.05) is 85.1 Å². The summed E-state index contributed by atoms with van der Waals surface area (Å²) in [6.07, 6.45) is -0.307. The second kappa shape index (κ2) is 17.0. The zero-order valence-electron chi connectivity index (χ0n) is 29.4. The van der Waals surface area contributed by atoms with Gasteiger partial charge in [-0.15, -0.1) is 0 Å². The number of nitrogens with one attached hydrogen (secondary N) is 1. The molecule has 0 unspecified atom stereocenters. The maximum Gasteiger partial charge on any atom is 0.320 e. The van der Waals surface area contributed by atoms with Crippen LogP contribution in [0.5, 0.6) is 0 Å². The van der Waals surface area contributed by atoms with E-state index in [0.717, 1.165) is 0 Å². The van der Waals surface area contributed by atoms with Crippen LogP contribution in [-0.4, -0.2) is 158 Å². The molecular formula is C32H59N5O8. The van der Waals surface area contributed by atoms with E-state index in [-0.39, 0.29) is 55.7 Å². The fourth-order valence-corrected chi connectivity index (χ4v) is 5.37. The van der Waals surface area contributed by atoms with Gasteiger partial charge < -0.3 is 24.3 Å². The van der Waals surface area contributed by atoms with Crippen LogP contribution < -0.4 is 5.32 Å². The Morgan fingerprint density at radius 3 is 1.22 bits per heavy atom. The van der Waals surface area contributed by atoms with Crippen molar-refractivity contribution in [2.24, 2.45) is 0 Å². The summed E-state index contributed by atoms with van der Waals surface area (Å²) in [7, 11) is 0. The molecule has 13 nitrogen and oxygen atoms in total. The molecule has 45 heavy (non-hydrogen) atoms. The maximum atomic E-state index is 12.9. The molecule has 0 amide bonds. The Morgan fingerprint density at radius 2 is 0.911 bits per heavy atom. The molecule has 2 aliphatic rings. The van der Waals surface area contributed by atoms with E-state index in [2.05, 4.69) is 10.2 Å². The molecule has 2 saturated heterocycles. The van der Waals surface area contributed by atoms with Crippen molar-refractivity contribution in [3.8, 4) is 0 Å². The van der Waals surface area contributed by atoms with Gasteiger partial charge >= 0.3 is 23.9 Å². The molecule has 2 aliphatic heterocycles. The number of ether oxygens (including phenoxy) is 4. The van der Waals surface area contributed by atoms with Crippen molar-refractivity contribution in [1.29, 1.82) is 0 Å². The number of carbonyl (C=O) groups excluding carboxylic acids is 4. The van der Waals surface area contributed by atoms with Crippen LogP contribution >= 0.6 is 0 Å². The number of hydrogen-bond donors (Lipinski definition) is 1. The van der Waals surface area contributed by atoms with E-state index in [1.54, 1.807) is 0 Å². The Labute approximate surface area is 270 Å². The Morgan fingerprint density at radius 1 is 0.578 bits per heavy atom. The highest BCUT2D eigenvalue weighted by Crippen LogP contribution is 2.16. The molecule has 2 rings (SSSR count). The van der Waals surface area contributed by atoms with Crippen LogP contribution in [0.1, 0.15) is 69.2 Å². The van der Waals surface area contributed by atoms with E-state index in [1.807, 2.05) is 77.0 Å². The smallest absolute Gasteiger partial charge is 0.320 e. The second-order valence-corrected chi connectivity index (χ2v) is 15.0. The van der Waals surface area contributed by atoms with Gasteiger partial charge in [0.1, 0.15) is 22.9 Å². The minimum absolute atomic E-state index is 0.0627. The standard InChI is InChI=1S/C32H59N5O8/c1-24(38)42-26-20-33-19-25(26)37-17-15-35(22-28(40)44-31(5,6)7)13-11-34(21-27(39)43-30(2,3)4)12-14-36(16-18-37)23-29(41)45-32(8,9)10/h25-26,33H,11-23H2,1-10H3/t25-,26-/m0/s1. The van der Waals surface area contributed by atoms with E-state index in [0.29, 0.717) is 65.4 Å². The van der Waals surface area contributed by atoms with Crippen LogP contribution in [0.4, 0.5) is 0 Å². The van der Waals surface area contributed by atoms with Crippen LogP contribution in [0.25, 0.3) is 0 Å². The number of rotatable bonds is 8. The first kappa shape index (κ1) is 38.9. The van der Waals surface area contributed by atoms with E-state index in [4.69, 9.17) is 18.9 Å². The summed E-state index contributed by atoms with van der Waals surface area (Å²) in [5, 5.41) is 3.35. The first-order valence-corrected chi connectivity index (χ1v) is 16.1. The van der Waals surface area contributed by atoms with Crippen molar-refractivity contribution in [2.45, 2.75) is 98.2 Å². The first-order valence-electron chi connectivity index (χ1n) is 16.1. The minimum Gasteiger partial charge on any atom is -0.459 e. The number of esters is 4. The third-order valence-electron chi connectivity index (χ3n) is 7.10. The molecule has 0 aromatic carbocycles. The highest BCUT2D eigenvalue weighted by molar-refractivity contribution is 5.73. The fourth-order valence-electron chi connectivity index (χ4n) is 5.37. The molecule has 0 bridgehead atoms. The van der Waals surface area contributed by atoms with Crippen molar-refractivity contribution in [3.63, 3.8) is 0 Å². The van der Waals surface area contributed by atoms with Crippen LogP contribution in [0.2, 0.25) is 0 Å². The van der Waals surface area contributed by atoms with Gasteiger partial charge in [-0.25, -0.2) is 0 Å². The van der Waals surface area contributed by atoms with Crippen molar-refractivity contribution in [3.05, 3.63) is 0 Å². The zero-order valence-corrected chi connectivity index (χ0v) is 29.4. The lowest BCUT2D eigenvalue weighted by molar-refractivity contribution is -0.158. The Bertz CT molecular complexity index is 942. The average Bonchev–Trinajstić information content (AvgIpc) is 3.27. The number of hydrogen-bond acceptors (Lipinski definition) is 13. The van der Waals surface area contributed by atoms with Crippen molar-refractivity contribution >= 4 is 23.9 Å². The van der Waals surface area contributed by atoms with Crippen LogP contribution in [-0.2, 0) is 38.1 Å². The molecular weight excluding hydrogens is 582 g/mol. The van der Waals surface area contributed by atoms with Gasteiger partial charge in [0.05, 0.1) is 25.7 Å². The van der Waals surface area contributed by atoms with Crippen molar-refractivity contribution in [1.82, 2.24) is 24.9 Å². The molecule has 0 aromatic heterocycles. The molecule has 2 heterocycles. The molecule has 260 valence electrons. The quantitative estimate of drug-likeness (QED) is 0.301. The normalized spacial score (nSPS) is 22.6. The highest BCUT2D eigenvalue weighted by Gasteiger charge is 2.35. The first-order chi connectivity index (χ1) is 20.7. The lowest BCUT2D eigenvalue weighted by atomic mass is 10.1. The van der Waals surface area contributed by atoms with E-state index >= 15 is 0 Å². The lowest BCUT2D eigenvalue weighted by Gasteiger charge is -2.37. The van der Waals surface area contributed by atoms with Gasteiger partial charge in [0.2, 0.25) is 0 Å². The third-order valence-corrected chi connectivity index (χ3v) is 7.10. The van der Waals surface area contributed by atoms with Gasteiger partial charge in [-0.2, -0.15) is 0 Å². The minimum atomic E-state index is -0.613. The van der Waals surface area contributed by atoms with Gasteiger partial charge in [-0.1, -0.05) is 0 Å². The molecule has 13 heteroatoms. The molecule has 0 aromatic rings. The Hall–Kier alpha value is -2.32. The lowest BCUT2D eigenvalue weighted by Crippen LogP contribution is -2.53. The summed E-state index contributed by atoms with van der Waals surface area (Å²) in [6, 6.07) is -0.0627. The largest absolute Gasteiger partial charge is 0.459 e. The molecule has 0 spiro atoms. The molecule has 1 N–H and O–H groups in total. The van der Waals surface area contributed by atoms with Gasteiger partial charge in [0, 0.05) is 72.4 Å². The van der Waals surface area contributed by atoms with Gasteiger partial charge in [0.25, 0.3) is 0 Å². The SMILES string of the molecule is CC(=O)O[C@H]1CNC[C@@H]1N1CCN(CC(=O)OC(C)(C)C)CCN(CC(=O)OC(C)(C)C)CCN(CC(=O)OC(C)(C)C)CC1. The number of nitrogens with zero attached hydrogens (tertiary/aromatic N) is 4. The van der Waals surface area contributed by atoms with E-state index < -0.39 is 16.8 Å². The van der Waals surface area contributed by atoms with Crippen LogP contribution in [0.3, 0.4) is 0 Å². The molecule has 0 saturated carbocycles. The predicted molar refractivity (Wildman–Crippen MR) is 171 cm³/mol. The van der Waals surface area contributed by atoms with Gasteiger partial charge in [-0.05, 0) is 62.3 Å². The maximum absolute atomic E-state index is 12.9. The monoisotopic (exact) mass is 641 g/mol. The molecule has 0 aliphatic carbocycles. The second-order valence-electron chi connectivity index (χ2n) is 15.0. The highest BCUT2D eigenvalue weighted by atomic mass is 16.6. The topological polar surface area (TPSA) is 130 Å². The summed E-state index contributed by atoms with van der Waals surface area (Å²) in [5.74, 6) is -1.29. The van der Waals surface area contributed by atoms with Gasteiger partial charge in [-0.3, -0.25) is 38.8 Å². The molecule has 2 fully saturated rings. The molecule has 2 atom stereocenters. The fraction of sp³-hybridized carbons (Fsp3) is 0.875. The van der Waals surface area contributed by atoms with E-state index in [9.17, 15) is 19.2 Å². The summed E-state index contributed by atoms with van der Waals surface area (Å²) in [6.45, 7) is 23.8. The van der Waals surface area contributed by atoms with Gasteiger partial charge in [0.15, 0.2) is 0 Å². The Kier molecular flexibility index (Phi) is 14.7. The van der Waals surface area contributed by atoms with Crippen LogP contribution in [0, 0.1) is 0 Å². The average molecular weight is 642 g/mol. The Balaban J connectivity index is 2.32. The van der Waals surface area contributed by atoms with E-state index in [1.165, 1.54) is 6.92 Å². The number of carbonyl (C=O) groups is 4. The summed E-state index contributed by atoms with van der Waals surface area (Å²) >= 11 is 0. The summed E-state index contributed by atoms with van der Waals surface area (Å²) in [4.78, 5) is 58.9. The summed E-state index contributed by atoms with van der Waals surface area (Å²) in [5.41, 5.74) is -1.83. The van der Waals surface area contributed by atoms with Crippen LogP contribution in [0.15, 0.2) is 0 Å². The predicted octanol–water partition coefficient (Wildman–Crippen LogP) is 1.14. The molecule has 0 radical (unpaired) electrons. The van der Waals surface area contributed by atoms with Crippen molar-refractivity contribution < 1.29 is 38.1 Å².